The van der Waals surface area contributed by atoms with Crippen LogP contribution >= 0.6 is 0 Å². The number of pyridine rings is 1. The third-order valence-corrected chi connectivity index (χ3v) is 8.68. The molecule has 4 heterocycles. The third-order valence-electron chi connectivity index (χ3n) is 8.68. The lowest BCUT2D eigenvalue weighted by Gasteiger charge is -2.35. The summed E-state index contributed by atoms with van der Waals surface area (Å²) in [4.78, 5) is 15.1. The van der Waals surface area contributed by atoms with Gasteiger partial charge in [-0.1, -0.05) is 6.92 Å². The number of hydrogen-bond donors (Lipinski definition) is 0. The van der Waals surface area contributed by atoms with E-state index in [1.165, 1.54) is 49.1 Å². The Labute approximate surface area is 195 Å². The van der Waals surface area contributed by atoms with Gasteiger partial charge in [-0.05, 0) is 76.2 Å². The highest BCUT2D eigenvalue weighted by molar-refractivity contribution is 5.78. The van der Waals surface area contributed by atoms with Crippen LogP contribution in [-0.4, -0.2) is 30.8 Å². The van der Waals surface area contributed by atoms with Gasteiger partial charge in [0.2, 0.25) is 0 Å². The first kappa shape index (κ1) is 20.1. The van der Waals surface area contributed by atoms with Crippen molar-refractivity contribution < 1.29 is 4.74 Å². The summed E-state index contributed by atoms with van der Waals surface area (Å²) in [5.41, 5.74) is 7.12. The summed E-state index contributed by atoms with van der Waals surface area (Å²) >= 11 is 0. The molecule has 4 saturated carbocycles. The fourth-order valence-corrected chi connectivity index (χ4v) is 6.96. The lowest BCUT2D eigenvalue weighted by Crippen LogP contribution is -2.26. The lowest BCUT2D eigenvalue weighted by atomic mass is 9.71. The average Bonchev–Trinajstić information content (AvgIpc) is 3.26. The van der Waals surface area contributed by atoms with E-state index in [-0.39, 0.29) is 12.2 Å². The first-order valence-electron chi connectivity index (χ1n) is 12.8. The Morgan fingerprint density at radius 2 is 1.94 bits per heavy atom. The predicted molar refractivity (Wildman–Crippen MR) is 126 cm³/mol. The van der Waals surface area contributed by atoms with E-state index in [4.69, 9.17) is 19.7 Å². The van der Waals surface area contributed by atoms with Gasteiger partial charge < -0.3 is 4.74 Å². The summed E-state index contributed by atoms with van der Waals surface area (Å²) in [6, 6.07) is 2.81. The Bertz CT molecular complexity index is 1220. The molecule has 3 aromatic rings. The minimum absolute atomic E-state index is 0.0778. The van der Waals surface area contributed by atoms with Crippen LogP contribution in [0.25, 0.3) is 11.0 Å². The lowest BCUT2D eigenvalue weighted by molar-refractivity contribution is -0.0506. The molecule has 5 aliphatic rings. The van der Waals surface area contributed by atoms with Crippen molar-refractivity contribution >= 4 is 11.0 Å². The van der Waals surface area contributed by atoms with Gasteiger partial charge in [0.1, 0.15) is 5.52 Å². The Kier molecular flexibility index (Phi) is 4.31. The second-order valence-corrected chi connectivity index (χ2v) is 11.7. The minimum atomic E-state index is 0.0778. The summed E-state index contributed by atoms with van der Waals surface area (Å²) < 4.78 is 8.53. The highest BCUT2D eigenvalue weighted by Gasteiger charge is 2.54. The quantitative estimate of drug-likeness (QED) is 0.510. The first-order valence-corrected chi connectivity index (χ1v) is 12.8. The van der Waals surface area contributed by atoms with Crippen LogP contribution in [0.4, 0.5) is 0 Å². The summed E-state index contributed by atoms with van der Waals surface area (Å²) in [7, 11) is 0. The molecule has 0 aromatic carbocycles. The molecule has 1 saturated heterocycles. The Balaban J connectivity index is 1.25. The van der Waals surface area contributed by atoms with Crippen molar-refractivity contribution in [3.05, 3.63) is 47.3 Å². The predicted octanol–water partition coefficient (Wildman–Crippen LogP) is 5.79. The van der Waals surface area contributed by atoms with Crippen molar-refractivity contribution in [2.75, 3.05) is 0 Å². The zero-order valence-corrected chi connectivity index (χ0v) is 19.9. The maximum Gasteiger partial charge on any atom is 0.110 e. The van der Waals surface area contributed by atoms with Gasteiger partial charge in [0.15, 0.2) is 0 Å². The number of hydrogen-bond acceptors (Lipinski definition) is 5. The van der Waals surface area contributed by atoms with Crippen molar-refractivity contribution in [3.8, 4) is 0 Å². The molecule has 6 nitrogen and oxygen atoms in total. The molecule has 5 fully saturated rings. The molecule has 0 spiro atoms. The summed E-state index contributed by atoms with van der Waals surface area (Å²) in [6.45, 7) is 6.67. The van der Waals surface area contributed by atoms with Crippen LogP contribution in [-0.2, 0) is 4.74 Å². The molecule has 6 heteroatoms. The van der Waals surface area contributed by atoms with Crippen LogP contribution in [0.5, 0.6) is 0 Å². The molecule has 0 amide bonds. The van der Waals surface area contributed by atoms with E-state index in [1.807, 2.05) is 19.3 Å². The van der Waals surface area contributed by atoms with Gasteiger partial charge in [-0.25, -0.2) is 4.98 Å². The zero-order valence-electron chi connectivity index (χ0n) is 19.9. The molecule has 8 rings (SSSR count). The number of rotatable bonds is 4. The van der Waals surface area contributed by atoms with Crippen molar-refractivity contribution in [1.82, 2.24) is 24.7 Å². The van der Waals surface area contributed by atoms with Crippen LogP contribution in [0.2, 0.25) is 0 Å². The number of aryl methyl sites for hydroxylation is 1. The molecule has 2 bridgehead atoms. The fraction of sp³-hybridized carbons (Fsp3) is 0.630. The molecular formula is C27H33N5O. The summed E-state index contributed by atoms with van der Waals surface area (Å²) in [6.07, 6.45) is 14.8. The Morgan fingerprint density at radius 3 is 2.70 bits per heavy atom. The van der Waals surface area contributed by atoms with Crippen LogP contribution in [0.15, 0.2) is 24.7 Å². The van der Waals surface area contributed by atoms with E-state index >= 15 is 0 Å². The monoisotopic (exact) mass is 443 g/mol. The number of aromatic nitrogens is 5. The standard InChI is InChI=1S/C27H33N5O/c1-15-12-28-26-23(30-15)8-22(31-25(26)21-11-27(3)9-18(21)10-27)17-6-16(2)33-24(7-17)19-13-29-32(14-19)20-4-5-20/h8,12-14,16-18,20-21,24H,4-7,9-11H2,1-3H3/t16-,17+,18?,21?,24-,27?/m1/s1. The summed E-state index contributed by atoms with van der Waals surface area (Å²) in [5.74, 6) is 1.65. The molecule has 1 unspecified atom stereocenters. The molecule has 0 radical (unpaired) electrons. The first-order chi connectivity index (χ1) is 15.9. The minimum Gasteiger partial charge on any atom is -0.370 e. The van der Waals surface area contributed by atoms with Crippen molar-refractivity contribution in [2.45, 2.75) is 95.8 Å². The smallest absolute Gasteiger partial charge is 0.110 e. The number of nitrogens with zero attached hydrogens (tertiary/aromatic N) is 5. The van der Waals surface area contributed by atoms with Gasteiger partial charge in [-0.15, -0.1) is 0 Å². The fourth-order valence-electron chi connectivity index (χ4n) is 6.96. The maximum absolute atomic E-state index is 6.40. The van der Waals surface area contributed by atoms with Crippen LogP contribution in [0, 0.1) is 18.3 Å². The normalized spacial score (nSPS) is 35.7. The van der Waals surface area contributed by atoms with Crippen LogP contribution < -0.4 is 0 Å². The number of fused-ring (bicyclic) bond motifs is 2. The molecule has 172 valence electrons. The van der Waals surface area contributed by atoms with Gasteiger partial charge in [0.25, 0.3) is 0 Å². The van der Waals surface area contributed by atoms with Crippen LogP contribution in [0.3, 0.4) is 0 Å². The van der Waals surface area contributed by atoms with Gasteiger partial charge in [0, 0.05) is 35.5 Å². The largest absolute Gasteiger partial charge is 0.370 e. The van der Waals surface area contributed by atoms with E-state index in [9.17, 15) is 0 Å². The van der Waals surface area contributed by atoms with E-state index in [0.29, 0.717) is 23.3 Å². The molecule has 3 aromatic heterocycles. The average molecular weight is 444 g/mol. The molecule has 4 aliphatic carbocycles. The van der Waals surface area contributed by atoms with Crippen molar-refractivity contribution in [3.63, 3.8) is 0 Å². The Morgan fingerprint density at radius 1 is 1.09 bits per heavy atom. The molecule has 33 heavy (non-hydrogen) atoms. The highest BCUT2D eigenvalue weighted by Crippen LogP contribution is 2.65. The van der Waals surface area contributed by atoms with Crippen LogP contribution in [0.1, 0.15) is 105 Å². The maximum atomic E-state index is 6.40. The van der Waals surface area contributed by atoms with Gasteiger partial charge in [-0.3, -0.25) is 14.6 Å². The third kappa shape index (κ3) is 3.40. The van der Waals surface area contributed by atoms with E-state index < -0.39 is 0 Å². The molecular weight excluding hydrogens is 410 g/mol. The van der Waals surface area contributed by atoms with Gasteiger partial charge >= 0.3 is 0 Å². The second-order valence-electron chi connectivity index (χ2n) is 11.7. The number of ether oxygens (including phenoxy) is 1. The molecule has 4 atom stereocenters. The van der Waals surface area contributed by atoms with Crippen molar-refractivity contribution in [2.24, 2.45) is 11.3 Å². The summed E-state index contributed by atoms with van der Waals surface area (Å²) in [5, 5.41) is 4.62. The van der Waals surface area contributed by atoms with E-state index in [1.54, 1.807) is 0 Å². The SMILES string of the molecule is Cc1cnc2c(C3CC4(C)CC3C4)nc([C@H]3C[C@@H](C)O[C@@H](c4cnn(C5CC5)c4)C3)cc2n1. The zero-order chi connectivity index (χ0) is 22.3. The Hall–Kier alpha value is -2.34. The van der Waals surface area contributed by atoms with E-state index in [2.05, 4.69) is 35.9 Å². The van der Waals surface area contributed by atoms with Crippen molar-refractivity contribution in [1.29, 1.82) is 0 Å². The molecule has 1 aliphatic heterocycles. The van der Waals surface area contributed by atoms with Gasteiger partial charge in [-0.2, -0.15) is 5.10 Å². The van der Waals surface area contributed by atoms with Gasteiger partial charge in [0.05, 0.1) is 41.4 Å². The second kappa shape index (κ2) is 7.08. The molecule has 0 N–H and O–H groups in total. The topological polar surface area (TPSA) is 65.7 Å². The van der Waals surface area contributed by atoms with E-state index in [0.717, 1.165) is 35.5 Å². The highest BCUT2D eigenvalue weighted by atomic mass is 16.5.